The summed E-state index contributed by atoms with van der Waals surface area (Å²) in [5, 5.41) is 10.4. The van der Waals surface area contributed by atoms with E-state index in [2.05, 4.69) is 12.2 Å². The molecular formula is C28H32O6. The van der Waals surface area contributed by atoms with Crippen LogP contribution in [0.3, 0.4) is 0 Å². The van der Waals surface area contributed by atoms with Crippen LogP contribution in [0.2, 0.25) is 0 Å². The average molecular weight is 465 g/mol. The molecule has 1 heterocycles. The highest BCUT2D eigenvalue weighted by molar-refractivity contribution is 6.02. The van der Waals surface area contributed by atoms with Crippen molar-refractivity contribution in [1.82, 2.24) is 0 Å². The molecule has 1 N–H and O–H groups in total. The van der Waals surface area contributed by atoms with Gasteiger partial charge in [0.05, 0.1) is 13.5 Å². The lowest BCUT2D eigenvalue weighted by Gasteiger charge is -2.27. The molecule has 0 fully saturated rings. The Labute approximate surface area is 200 Å². The van der Waals surface area contributed by atoms with Gasteiger partial charge in [0.25, 0.3) is 0 Å². The number of methoxy groups -OCH3 is 1. The summed E-state index contributed by atoms with van der Waals surface area (Å²) < 4.78 is 17.1. The van der Waals surface area contributed by atoms with E-state index in [1.54, 1.807) is 7.11 Å². The number of rotatable bonds is 7. The van der Waals surface area contributed by atoms with E-state index in [1.807, 2.05) is 39.8 Å². The molecule has 1 atom stereocenters. The van der Waals surface area contributed by atoms with Crippen LogP contribution in [-0.2, 0) is 17.6 Å². The van der Waals surface area contributed by atoms with Crippen molar-refractivity contribution in [2.24, 2.45) is 0 Å². The van der Waals surface area contributed by atoms with Gasteiger partial charge in [0, 0.05) is 19.1 Å². The molecule has 6 nitrogen and oxygen atoms in total. The van der Waals surface area contributed by atoms with Gasteiger partial charge < -0.3 is 19.3 Å². The van der Waals surface area contributed by atoms with E-state index in [-0.39, 0.29) is 35.0 Å². The van der Waals surface area contributed by atoms with Crippen molar-refractivity contribution >= 4 is 11.8 Å². The first-order valence-corrected chi connectivity index (χ1v) is 11.3. The first-order valence-electron chi connectivity index (χ1n) is 11.3. The minimum atomic E-state index is -0.547. The van der Waals surface area contributed by atoms with Crippen molar-refractivity contribution < 1.29 is 28.9 Å². The monoisotopic (exact) mass is 464 g/mol. The van der Waals surface area contributed by atoms with Crippen molar-refractivity contribution in [3.63, 3.8) is 0 Å². The molecule has 0 saturated heterocycles. The lowest BCUT2D eigenvalue weighted by molar-refractivity contribution is -0.131. The normalized spacial score (nSPS) is 14.5. The summed E-state index contributed by atoms with van der Waals surface area (Å²) in [5.74, 6) is 0.133. The first kappa shape index (κ1) is 25.1. The second-order valence-electron chi connectivity index (χ2n) is 8.99. The van der Waals surface area contributed by atoms with Crippen molar-refractivity contribution in [2.75, 3.05) is 7.11 Å². The molecule has 0 bridgehead atoms. The molecule has 180 valence electrons. The van der Waals surface area contributed by atoms with Crippen LogP contribution in [-0.4, -0.2) is 24.0 Å². The average Bonchev–Trinajstić information content (AvgIpc) is 2.74. The van der Waals surface area contributed by atoms with Crippen LogP contribution < -0.4 is 14.2 Å². The Morgan fingerprint density at radius 1 is 1.03 bits per heavy atom. The predicted molar refractivity (Wildman–Crippen MR) is 131 cm³/mol. The Balaban J connectivity index is 2.07. The number of hydrogen-bond acceptors (Lipinski definition) is 6. The van der Waals surface area contributed by atoms with E-state index >= 15 is 0 Å². The zero-order chi connectivity index (χ0) is 25.0. The smallest absolute Gasteiger partial charge is 0.308 e. The lowest BCUT2D eigenvalue weighted by Crippen LogP contribution is -2.21. The van der Waals surface area contributed by atoms with Crippen LogP contribution in [0.4, 0.5) is 0 Å². The van der Waals surface area contributed by atoms with Gasteiger partial charge in [-0.1, -0.05) is 23.3 Å². The van der Waals surface area contributed by atoms with Gasteiger partial charge in [0.1, 0.15) is 34.7 Å². The molecule has 0 amide bonds. The molecule has 0 aliphatic carbocycles. The number of carbonyl (C=O) groups excluding carboxylic acids is 2. The van der Waals surface area contributed by atoms with Gasteiger partial charge in [0.2, 0.25) is 0 Å². The maximum Gasteiger partial charge on any atom is 0.308 e. The number of hydrogen-bond donors (Lipinski definition) is 1. The number of carbonyl (C=O) groups is 2. The minimum Gasteiger partial charge on any atom is -0.507 e. The van der Waals surface area contributed by atoms with E-state index in [4.69, 9.17) is 14.2 Å². The largest absolute Gasteiger partial charge is 0.507 e. The number of Topliss-reactive ketones (excluding diaryl/α,β-unsaturated/α-hetero) is 1. The number of esters is 1. The summed E-state index contributed by atoms with van der Waals surface area (Å²) >= 11 is 0. The van der Waals surface area contributed by atoms with Crippen molar-refractivity contribution in [1.29, 1.82) is 0 Å². The zero-order valence-corrected chi connectivity index (χ0v) is 20.7. The summed E-state index contributed by atoms with van der Waals surface area (Å²) in [4.78, 5) is 24.3. The fraction of sp³-hybridized carbons (Fsp3) is 0.357. The summed E-state index contributed by atoms with van der Waals surface area (Å²) in [6.45, 7) is 9.46. The quantitative estimate of drug-likeness (QED) is 0.305. The Morgan fingerprint density at radius 3 is 2.12 bits per heavy atom. The van der Waals surface area contributed by atoms with Crippen LogP contribution >= 0.6 is 0 Å². The van der Waals surface area contributed by atoms with Gasteiger partial charge in [-0.2, -0.15) is 0 Å². The van der Waals surface area contributed by atoms with Crippen LogP contribution in [0.25, 0.3) is 0 Å². The van der Waals surface area contributed by atoms with Gasteiger partial charge in [-0.3, -0.25) is 9.59 Å². The first-order chi connectivity index (χ1) is 16.1. The number of phenols is 1. The standard InChI is InChI=1S/C28H32O6/c1-16(2)7-9-19-11-21(12-20(28(19)32-6)10-8-17(3)4)25-15-24(31)27-23(30)13-22(33-18(5)29)14-26(27)34-25/h7-8,11-14,25,30H,9-10,15H2,1-6H3/t25-/m1/s1. The molecule has 6 heteroatoms. The van der Waals surface area contributed by atoms with Crippen LogP contribution in [0, 0.1) is 0 Å². The number of phenolic OH excluding ortho intramolecular Hbond substituents is 1. The highest BCUT2D eigenvalue weighted by Crippen LogP contribution is 2.43. The van der Waals surface area contributed by atoms with Gasteiger partial charge in [-0.05, 0) is 69.4 Å². The Bertz CT molecular complexity index is 1120. The van der Waals surface area contributed by atoms with Gasteiger partial charge >= 0.3 is 5.97 Å². The number of benzene rings is 2. The topological polar surface area (TPSA) is 82.1 Å². The third kappa shape index (κ3) is 5.87. The third-order valence-electron chi connectivity index (χ3n) is 5.54. The SMILES string of the molecule is COc1c(CC=C(C)C)cc([C@H]2CC(=O)c3c(O)cc(OC(C)=O)cc3O2)cc1CC=C(C)C. The van der Waals surface area contributed by atoms with Crippen molar-refractivity contribution in [3.05, 3.63) is 69.8 Å². The molecule has 0 radical (unpaired) electrons. The van der Waals surface area contributed by atoms with Gasteiger partial charge in [-0.25, -0.2) is 0 Å². The predicted octanol–water partition coefficient (Wildman–Crippen LogP) is 6.05. The molecule has 1 aliphatic rings. The molecular weight excluding hydrogens is 432 g/mol. The minimum absolute atomic E-state index is 0.0873. The molecule has 0 unspecified atom stereocenters. The maximum absolute atomic E-state index is 13.0. The van der Waals surface area contributed by atoms with Crippen LogP contribution in [0.5, 0.6) is 23.0 Å². The second-order valence-corrected chi connectivity index (χ2v) is 8.99. The molecule has 0 aromatic heterocycles. The fourth-order valence-electron chi connectivity index (χ4n) is 3.99. The van der Waals surface area contributed by atoms with Crippen molar-refractivity contribution in [2.45, 2.75) is 60.0 Å². The Hall–Kier alpha value is -3.54. The number of ketones is 1. The Morgan fingerprint density at radius 2 is 1.62 bits per heavy atom. The highest BCUT2D eigenvalue weighted by atomic mass is 16.5. The second kappa shape index (κ2) is 10.6. The number of allylic oxidation sites excluding steroid dienone is 4. The van der Waals surface area contributed by atoms with E-state index < -0.39 is 12.1 Å². The summed E-state index contributed by atoms with van der Waals surface area (Å²) in [7, 11) is 1.67. The molecule has 34 heavy (non-hydrogen) atoms. The number of ether oxygens (including phenoxy) is 3. The van der Waals surface area contributed by atoms with Gasteiger partial charge in [-0.15, -0.1) is 0 Å². The summed E-state index contributed by atoms with van der Waals surface area (Å²) in [6, 6.07) is 6.76. The third-order valence-corrected chi connectivity index (χ3v) is 5.54. The molecule has 2 aromatic rings. The Kier molecular flexibility index (Phi) is 7.82. The fourth-order valence-corrected chi connectivity index (χ4v) is 3.99. The molecule has 0 spiro atoms. The van der Waals surface area contributed by atoms with E-state index in [9.17, 15) is 14.7 Å². The van der Waals surface area contributed by atoms with E-state index in [1.165, 1.54) is 30.2 Å². The highest BCUT2D eigenvalue weighted by Gasteiger charge is 2.32. The van der Waals surface area contributed by atoms with Gasteiger partial charge in [0.15, 0.2) is 5.78 Å². The van der Waals surface area contributed by atoms with Crippen LogP contribution in [0.15, 0.2) is 47.6 Å². The number of aromatic hydroxyl groups is 1. The molecule has 1 aliphatic heterocycles. The van der Waals surface area contributed by atoms with E-state index in [0.717, 1.165) is 22.4 Å². The molecule has 0 saturated carbocycles. The number of fused-ring (bicyclic) bond motifs is 1. The van der Waals surface area contributed by atoms with Crippen molar-refractivity contribution in [3.8, 4) is 23.0 Å². The molecule has 3 rings (SSSR count). The lowest BCUT2D eigenvalue weighted by atomic mass is 9.91. The molecule has 2 aromatic carbocycles. The summed E-state index contributed by atoms with van der Waals surface area (Å²) in [5.41, 5.74) is 5.38. The van der Waals surface area contributed by atoms with Crippen LogP contribution in [0.1, 0.15) is 74.2 Å². The summed E-state index contributed by atoms with van der Waals surface area (Å²) in [6.07, 6.45) is 5.19. The maximum atomic E-state index is 13.0. The van der Waals surface area contributed by atoms with E-state index in [0.29, 0.717) is 12.8 Å². The zero-order valence-electron chi connectivity index (χ0n) is 20.7.